The number of carbonyl (C=O) groups is 3. The first kappa shape index (κ1) is 24.3. The summed E-state index contributed by atoms with van der Waals surface area (Å²) in [5, 5.41) is 2.24. The minimum Gasteiger partial charge on any atom is -0.464 e. The number of nitrogens with zero attached hydrogens (tertiary/aromatic N) is 1. The summed E-state index contributed by atoms with van der Waals surface area (Å²) in [4.78, 5) is 36.2. The van der Waals surface area contributed by atoms with Crippen LogP contribution in [0.4, 0.5) is 8.78 Å². The van der Waals surface area contributed by atoms with Gasteiger partial charge >= 0.3 is 5.97 Å². The van der Waals surface area contributed by atoms with Crippen molar-refractivity contribution >= 4 is 18.3 Å². The predicted molar refractivity (Wildman–Crippen MR) is 102 cm³/mol. The standard InChI is InChI=1S/C20H34F2N2O4/c1-3-28-19(27)17(23-15-25)11-13-20(21,22)12-7-5-4-6-10-18(26)24-14-8-9-16(24)2/h15-17H,3-14H2,1-2H3,(H,23,25)/t16-,17-/m1/s1. The Kier molecular flexibility index (Phi) is 11.0. The summed E-state index contributed by atoms with van der Waals surface area (Å²) in [6.07, 6.45) is 4.50. The van der Waals surface area contributed by atoms with Gasteiger partial charge < -0.3 is 15.0 Å². The van der Waals surface area contributed by atoms with Gasteiger partial charge in [0.05, 0.1) is 6.61 Å². The van der Waals surface area contributed by atoms with Crippen LogP contribution in [-0.2, 0) is 19.1 Å². The molecule has 0 aromatic rings. The lowest BCUT2D eigenvalue weighted by Gasteiger charge is -2.21. The molecule has 2 amide bonds. The molecule has 0 spiro atoms. The van der Waals surface area contributed by atoms with Crippen molar-refractivity contribution in [2.24, 2.45) is 0 Å². The van der Waals surface area contributed by atoms with Gasteiger partial charge in [-0.3, -0.25) is 9.59 Å². The van der Waals surface area contributed by atoms with E-state index >= 15 is 0 Å². The quantitative estimate of drug-likeness (QED) is 0.273. The molecule has 28 heavy (non-hydrogen) atoms. The maximum absolute atomic E-state index is 14.0. The SMILES string of the molecule is CCOC(=O)[C@@H](CCC(F)(F)CCCCCCC(=O)N1CCC[C@H]1C)NC=O. The van der Waals surface area contributed by atoms with Crippen LogP contribution in [0, 0.1) is 0 Å². The van der Waals surface area contributed by atoms with Gasteiger partial charge in [-0.05, 0) is 46.0 Å². The third kappa shape index (κ3) is 8.97. The lowest BCUT2D eigenvalue weighted by Crippen LogP contribution is -2.38. The molecular weight excluding hydrogens is 370 g/mol. The van der Waals surface area contributed by atoms with Crippen molar-refractivity contribution in [1.29, 1.82) is 0 Å². The summed E-state index contributed by atoms with van der Waals surface area (Å²) in [7, 11) is 0. The van der Waals surface area contributed by atoms with E-state index in [1.54, 1.807) is 6.92 Å². The van der Waals surface area contributed by atoms with Gasteiger partial charge in [0.15, 0.2) is 0 Å². The van der Waals surface area contributed by atoms with Crippen molar-refractivity contribution in [3.63, 3.8) is 0 Å². The van der Waals surface area contributed by atoms with Crippen LogP contribution < -0.4 is 5.32 Å². The first-order chi connectivity index (χ1) is 13.3. The minimum absolute atomic E-state index is 0.130. The fourth-order valence-electron chi connectivity index (χ4n) is 3.54. The van der Waals surface area contributed by atoms with Crippen molar-refractivity contribution in [1.82, 2.24) is 10.2 Å². The molecule has 0 aromatic carbocycles. The molecule has 1 heterocycles. The van der Waals surface area contributed by atoms with E-state index in [1.807, 2.05) is 4.90 Å². The molecule has 1 fully saturated rings. The second kappa shape index (κ2) is 12.7. The first-order valence-corrected chi connectivity index (χ1v) is 10.3. The number of hydrogen-bond acceptors (Lipinski definition) is 4. The van der Waals surface area contributed by atoms with Gasteiger partial charge in [0, 0.05) is 31.8 Å². The van der Waals surface area contributed by atoms with Crippen LogP contribution in [0.3, 0.4) is 0 Å². The second-order valence-electron chi connectivity index (χ2n) is 7.48. The summed E-state index contributed by atoms with van der Waals surface area (Å²) in [6, 6.07) is -0.722. The van der Waals surface area contributed by atoms with Gasteiger partial charge in [-0.2, -0.15) is 0 Å². The zero-order valence-electron chi connectivity index (χ0n) is 17.1. The van der Waals surface area contributed by atoms with Gasteiger partial charge in [0.1, 0.15) is 6.04 Å². The summed E-state index contributed by atoms with van der Waals surface area (Å²) in [5.74, 6) is -3.42. The maximum atomic E-state index is 14.0. The molecular formula is C20H34F2N2O4. The number of nitrogens with one attached hydrogen (secondary N) is 1. The molecule has 2 atom stereocenters. The number of halogens is 2. The van der Waals surface area contributed by atoms with E-state index in [0.717, 1.165) is 32.2 Å². The van der Waals surface area contributed by atoms with Crippen LogP contribution in [0.1, 0.15) is 78.1 Å². The van der Waals surface area contributed by atoms with Gasteiger partial charge in [-0.15, -0.1) is 0 Å². The highest BCUT2D eigenvalue weighted by Crippen LogP contribution is 2.28. The van der Waals surface area contributed by atoms with Gasteiger partial charge in [0.2, 0.25) is 18.2 Å². The number of ether oxygens (including phenoxy) is 1. The van der Waals surface area contributed by atoms with Crippen molar-refractivity contribution in [3.8, 4) is 0 Å². The number of hydrogen-bond donors (Lipinski definition) is 1. The lowest BCUT2D eigenvalue weighted by molar-refractivity contribution is -0.147. The molecule has 6 nitrogen and oxygen atoms in total. The highest BCUT2D eigenvalue weighted by Gasteiger charge is 2.31. The molecule has 1 aliphatic heterocycles. The topological polar surface area (TPSA) is 75.7 Å². The zero-order chi connectivity index (χ0) is 21.0. The van der Waals surface area contributed by atoms with Crippen LogP contribution in [0.15, 0.2) is 0 Å². The Morgan fingerprint density at radius 1 is 1.25 bits per heavy atom. The molecule has 0 aliphatic carbocycles. The normalized spacial score (nSPS) is 18.0. The van der Waals surface area contributed by atoms with Gasteiger partial charge in [0.25, 0.3) is 0 Å². The van der Waals surface area contributed by atoms with Crippen LogP contribution in [-0.4, -0.2) is 54.3 Å². The molecule has 162 valence electrons. The van der Waals surface area contributed by atoms with E-state index < -0.39 is 24.4 Å². The van der Waals surface area contributed by atoms with Gasteiger partial charge in [-0.1, -0.05) is 12.8 Å². The molecule has 1 rings (SSSR count). The van der Waals surface area contributed by atoms with E-state index in [0.29, 0.717) is 31.7 Å². The Balaban J connectivity index is 2.19. The Morgan fingerprint density at radius 2 is 1.96 bits per heavy atom. The van der Waals surface area contributed by atoms with Crippen molar-refractivity contribution in [2.45, 2.75) is 96.1 Å². The number of likely N-dealkylation sites (tertiary alicyclic amines) is 1. The van der Waals surface area contributed by atoms with Crippen molar-refractivity contribution < 1.29 is 27.9 Å². The average molecular weight is 404 g/mol. The maximum Gasteiger partial charge on any atom is 0.328 e. The summed E-state index contributed by atoms with van der Waals surface area (Å²) >= 11 is 0. The van der Waals surface area contributed by atoms with Crippen molar-refractivity contribution in [2.75, 3.05) is 13.2 Å². The largest absolute Gasteiger partial charge is 0.464 e. The molecule has 0 saturated carbocycles. The van der Waals surface area contributed by atoms with E-state index in [-0.39, 0.29) is 25.4 Å². The monoisotopic (exact) mass is 404 g/mol. The van der Waals surface area contributed by atoms with E-state index in [2.05, 4.69) is 12.2 Å². The molecule has 0 aromatic heterocycles. The van der Waals surface area contributed by atoms with E-state index in [9.17, 15) is 23.2 Å². The Labute approximate surface area is 166 Å². The fraction of sp³-hybridized carbons (Fsp3) is 0.850. The summed E-state index contributed by atoms with van der Waals surface area (Å²) in [6.45, 7) is 4.64. The Hall–Kier alpha value is -1.73. The summed E-state index contributed by atoms with van der Waals surface area (Å²) in [5.41, 5.74) is 0. The zero-order valence-corrected chi connectivity index (χ0v) is 17.1. The smallest absolute Gasteiger partial charge is 0.328 e. The van der Waals surface area contributed by atoms with Crippen LogP contribution in [0.25, 0.3) is 0 Å². The van der Waals surface area contributed by atoms with Crippen LogP contribution in [0.2, 0.25) is 0 Å². The first-order valence-electron chi connectivity index (χ1n) is 10.3. The molecule has 0 unspecified atom stereocenters. The predicted octanol–water partition coefficient (Wildman–Crippen LogP) is 3.43. The third-order valence-electron chi connectivity index (χ3n) is 5.20. The number of amides is 2. The minimum atomic E-state index is -2.89. The Bertz CT molecular complexity index is 503. The molecule has 8 heteroatoms. The highest BCUT2D eigenvalue weighted by molar-refractivity contribution is 5.78. The number of esters is 1. The summed E-state index contributed by atoms with van der Waals surface area (Å²) < 4.78 is 32.8. The van der Waals surface area contributed by atoms with Gasteiger partial charge in [-0.25, -0.2) is 13.6 Å². The van der Waals surface area contributed by atoms with E-state index in [1.165, 1.54) is 0 Å². The van der Waals surface area contributed by atoms with Crippen LogP contribution >= 0.6 is 0 Å². The number of alkyl halides is 2. The highest BCUT2D eigenvalue weighted by atomic mass is 19.3. The molecule has 0 bridgehead atoms. The van der Waals surface area contributed by atoms with Crippen LogP contribution in [0.5, 0.6) is 0 Å². The molecule has 1 saturated heterocycles. The third-order valence-corrected chi connectivity index (χ3v) is 5.20. The van der Waals surface area contributed by atoms with E-state index in [4.69, 9.17) is 4.74 Å². The second-order valence-corrected chi connectivity index (χ2v) is 7.48. The Morgan fingerprint density at radius 3 is 2.57 bits per heavy atom. The number of rotatable bonds is 14. The molecule has 0 radical (unpaired) electrons. The molecule has 1 N–H and O–H groups in total. The lowest BCUT2D eigenvalue weighted by atomic mass is 10.0. The van der Waals surface area contributed by atoms with Crippen molar-refractivity contribution in [3.05, 3.63) is 0 Å². The number of unbranched alkanes of at least 4 members (excludes halogenated alkanes) is 3. The fourth-order valence-corrected chi connectivity index (χ4v) is 3.54. The molecule has 1 aliphatic rings. The average Bonchev–Trinajstić information content (AvgIpc) is 3.07. The number of carbonyl (C=O) groups excluding carboxylic acids is 3.